The second-order valence-corrected chi connectivity index (χ2v) is 7.32. The summed E-state index contributed by atoms with van der Waals surface area (Å²) in [7, 11) is 0. The third kappa shape index (κ3) is 3.13. The summed E-state index contributed by atoms with van der Waals surface area (Å²) in [5, 5.41) is 3.59. The van der Waals surface area contributed by atoms with Crippen LogP contribution in [0, 0.1) is 0 Å². The van der Waals surface area contributed by atoms with Crippen LogP contribution in [0.2, 0.25) is 0 Å². The van der Waals surface area contributed by atoms with Gasteiger partial charge >= 0.3 is 0 Å². The van der Waals surface area contributed by atoms with Gasteiger partial charge in [0.05, 0.1) is 18.9 Å². The molecule has 3 N–H and O–H groups in total. The van der Waals surface area contributed by atoms with E-state index in [-0.39, 0.29) is 5.91 Å². The first-order valence-corrected chi connectivity index (χ1v) is 9.35. The van der Waals surface area contributed by atoms with Crippen molar-refractivity contribution in [2.24, 2.45) is 0 Å². The number of carbonyl (C=O) groups is 1. The number of rotatable bonds is 3. The zero-order valence-electron chi connectivity index (χ0n) is 15.1. The van der Waals surface area contributed by atoms with Crippen LogP contribution in [0.4, 0.5) is 17.1 Å². The Morgan fingerprint density at radius 3 is 2.26 bits per heavy atom. The zero-order valence-corrected chi connectivity index (χ0v) is 16.0. The molecule has 0 bridgehead atoms. The molecule has 2 aromatic rings. The van der Waals surface area contributed by atoms with Crippen LogP contribution in [0.3, 0.4) is 0 Å². The smallest absolute Gasteiger partial charge is 0.263 e. The quantitative estimate of drug-likeness (QED) is 0.627. The Balaban J connectivity index is 1.60. The number of morpholine rings is 1. The fourth-order valence-corrected chi connectivity index (χ4v) is 3.91. The highest BCUT2D eigenvalue weighted by Gasteiger charge is 2.47. The lowest BCUT2D eigenvalue weighted by Crippen LogP contribution is -2.41. The SMILES string of the molecule is CC1(c2ccc(N3CCOCC3)cc2)NC(=S)N(c2ccc(N)cc2)C1=O. The van der Waals surface area contributed by atoms with Crippen molar-refractivity contribution in [3.63, 3.8) is 0 Å². The zero-order chi connectivity index (χ0) is 19.0. The Kier molecular flexibility index (Phi) is 4.49. The van der Waals surface area contributed by atoms with Gasteiger partial charge in [0.2, 0.25) is 0 Å². The van der Waals surface area contributed by atoms with Crippen molar-refractivity contribution in [2.45, 2.75) is 12.5 Å². The number of nitrogens with zero attached hydrogens (tertiary/aromatic N) is 2. The lowest BCUT2D eigenvalue weighted by molar-refractivity contribution is -0.121. The van der Waals surface area contributed by atoms with E-state index < -0.39 is 5.54 Å². The van der Waals surface area contributed by atoms with Crippen molar-refractivity contribution in [1.29, 1.82) is 0 Å². The van der Waals surface area contributed by atoms with Crippen LogP contribution in [-0.4, -0.2) is 37.3 Å². The molecular formula is C20H22N4O2S. The Bertz CT molecular complexity index is 863. The summed E-state index contributed by atoms with van der Waals surface area (Å²) < 4.78 is 5.41. The van der Waals surface area contributed by atoms with Gasteiger partial charge in [-0.15, -0.1) is 0 Å². The van der Waals surface area contributed by atoms with E-state index in [9.17, 15) is 4.79 Å². The topological polar surface area (TPSA) is 70.8 Å². The molecule has 2 aliphatic rings. The fraction of sp³-hybridized carbons (Fsp3) is 0.300. The average molecular weight is 382 g/mol. The summed E-state index contributed by atoms with van der Waals surface area (Å²) >= 11 is 5.45. The van der Waals surface area contributed by atoms with Crippen LogP contribution in [0.5, 0.6) is 0 Å². The van der Waals surface area contributed by atoms with Crippen LogP contribution in [0.15, 0.2) is 48.5 Å². The number of thiocarbonyl (C=S) groups is 1. The second-order valence-electron chi connectivity index (χ2n) is 6.93. The molecule has 1 unspecified atom stereocenters. The number of carbonyl (C=O) groups excluding carboxylic acids is 1. The average Bonchev–Trinajstić information content (AvgIpc) is 2.93. The van der Waals surface area contributed by atoms with Gasteiger partial charge in [0, 0.05) is 24.5 Å². The highest BCUT2D eigenvalue weighted by molar-refractivity contribution is 7.80. The highest BCUT2D eigenvalue weighted by atomic mass is 32.1. The highest BCUT2D eigenvalue weighted by Crippen LogP contribution is 2.33. The van der Waals surface area contributed by atoms with E-state index in [0.29, 0.717) is 16.5 Å². The number of amides is 1. The van der Waals surface area contributed by atoms with Crippen LogP contribution in [0.1, 0.15) is 12.5 Å². The molecule has 2 fully saturated rings. The number of nitrogens with one attached hydrogen (secondary N) is 1. The molecule has 4 rings (SSSR count). The minimum absolute atomic E-state index is 0.101. The molecule has 27 heavy (non-hydrogen) atoms. The first kappa shape index (κ1) is 17.8. The lowest BCUT2D eigenvalue weighted by Gasteiger charge is -2.29. The van der Waals surface area contributed by atoms with Gasteiger partial charge < -0.3 is 20.7 Å². The number of hydrogen-bond acceptors (Lipinski definition) is 5. The van der Waals surface area contributed by atoms with Crippen LogP contribution in [-0.2, 0) is 15.1 Å². The number of nitrogens with two attached hydrogens (primary N) is 1. The Morgan fingerprint density at radius 1 is 1.04 bits per heavy atom. The maximum absolute atomic E-state index is 13.2. The van der Waals surface area contributed by atoms with Gasteiger partial charge in [0.15, 0.2) is 5.11 Å². The molecule has 1 atom stereocenters. The lowest BCUT2D eigenvalue weighted by atomic mass is 9.91. The number of anilines is 3. The first-order chi connectivity index (χ1) is 13.0. The van der Waals surface area contributed by atoms with Crippen LogP contribution < -0.4 is 20.9 Å². The molecule has 0 radical (unpaired) electrons. The standard InChI is InChI=1S/C20H22N4O2S/c1-20(14-2-6-16(7-3-14)23-10-12-26-13-11-23)18(25)24(19(27)22-20)17-8-4-15(21)5-9-17/h2-9H,10-13,21H2,1H3,(H,22,27). The molecule has 6 nitrogen and oxygen atoms in total. The van der Waals surface area contributed by atoms with Crippen molar-refractivity contribution in [1.82, 2.24) is 5.32 Å². The minimum Gasteiger partial charge on any atom is -0.399 e. The van der Waals surface area contributed by atoms with Crippen molar-refractivity contribution < 1.29 is 9.53 Å². The predicted octanol–water partition coefficient (Wildman–Crippen LogP) is 2.24. The van der Waals surface area contributed by atoms with Gasteiger partial charge in [-0.3, -0.25) is 9.69 Å². The van der Waals surface area contributed by atoms with Crippen molar-refractivity contribution in [2.75, 3.05) is 41.8 Å². The van der Waals surface area contributed by atoms with Gasteiger partial charge in [-0.1, -0.05) is 12.1 Å². The minimum atomic E-state index is -0.901. The van der Waals surface area contributed by atoms with Gasteiger partial charge in [0.1, 0.15) is 5.54 Å². The maximum atomic E-state index is 13.2. The van der Waals surface area contributed by atoms with E-state index >= 15 is 0 Å². The summed E-state index contributed by atoms with van der Waals surface area (Å²) in [6, 6.07) is 15.2. The molecule has 2 heterocycles. The summed E-state index contributed by atoms with van der Waals surface area (Å²) in [6.45, 7) is 5.10. The van der Waals surface area contributed by atoms with Gasteiger partial charge in [-0.05, 0) is 61.1 Å². The normalized spacial score (nSPS) is 22.9. The molecular weight excluding hydrogens is 360 g/mol. The molecule has 0 saturated carbocycles. The molecule has 1 amide bonds. The van der Waals surface area contributed by atoms with E-state index in [1.165, 1.54) is 4.90 Å². The van der Waals surface area contributed by atoms with Crippen LogP contribution >= 0.6 is 12.2 Å². The molecule has 140 valence electrons. The maximum Gasteiger partial charge on any atom is 0.263 e. The van der Waals surface area contributed by atoms with Gasteiger partial charge in [-0.25, -0.2) is 0 Å². The molecule has 0 aliphatic carbocycles. The summed E-state index contributed by atoms with van der Waals surface area (Å²) in [4.78, 5) is 17.0. The molecule has 7 heteroatoms. The molecule has 2 saturated heterocycles. The van der Waals surface area contributed by atoms with E-state index in [2.05, 4.69) is 22.3 Å². The van der Waals surface area contributed by atoms with E-state index in [0.717, 1.165) is 37.6 Å². The Morgan fingerprint density at radius 2 is 1.63 bits per heavy atom. The summed E-state index contributed by atoms with van der Waals surface area (Å²) in [6.07, 6.45) is 0. The number of benzene rings is 2. The number of ether oxygens (including phenoxy) is 1. The van der Waals surface area contributed by atoms with Gasteiger partial charge in [-0.2, -0.15) is 0 Å². The Labute approximate surface area is 163 Å². The first-order valence-electron chi connectivity index (χ1n) is 8.94. The van der Waals surface area contributed by atoms with Crippen molar-refractivity contribution in [3.05, 3.63) is 54.1 Å². The Hall–Kier alpha value is -2.64. The molecule has 0 aromatic heterocycles. The summed E-state index contributed by atoms with van der Waals surface area (Å²) in [5.41, 5.74) is 8.22. The largest absolute Gasteiger partial charge is 0.399 e. The third-order valence-corrected chi connectivity index (χ3v) is 5.45. The van der Waals surface area contributed by atoms with E-state index in [1.54, 1.807) is 24.3 Å². The summed E-state index contributed by atoms with van der Waals surface area (Å²) in [5.74, 6) is -0.101. The van der Waals surface area contributed by atoms with E-state index in [4.69, 9.17) is 22.7 Å². The third-order valence-electron chi connectivity index (χ3n) is 5.16. The molecule has 0 spiro atoms. The van der Waals surface area contributed by atoms with Crippen molar-refractivity contribution >= 4 is 40.3 Å². The predicted molar refractivity (Wildman–Crippen MR) is 111 cm³/mol. The fourth-order valence-electron chi connectivity index (χ4n) is 3.52. The molecule has 2 aliphatic heterocycles. The molecule has 2 aromatic carbocycles. The van der Waals surface area contributed by atoms with E-state index in [1.807, 2.05) is 19.1 Å². The van der Waals surface area contributed by atoms with Crippen molar-refractivity contribution in [3.8, 4) is 0 Å². The van der Waals surface area contributed by atoms with Gasteiger partial charge in [0.25, 0.3) is 5.91 Å². The van der Waals surface area contributed by atoms with Crippen LogP contribution in [0.25, 0.3) is 0 Å². The number of nitrogen functional groups attached to an aromatic ring is 1. The number of hydrogen-bond donors (Lipinski definition) is 2. The second kappa shape index (κ2) is 6.83. The monoisotopic (exact) mass is 382 g/mol.